The molecule has 1 fully saturated rings. The number of likely N-dealkylation sites (tertiary alicyclic amines) is 1. The maximum absolute atomic E-state index is 12.7. The Labute approximate surface area is 162 Å². The van der Waals surface area contributed by atoms with Gasteiger partial charge in [-0.3, -0.25) is 9.59 Å². The zero-order chi connectivity index (χ0) is 18.6. The van der Waals surface area contributed by atoms with Crippen molar-refractivity contribution >= 4 is 23.2 Å². The van der Waals surface area contributed by atoms with Crippen LogP contribution in [0.2, 0.25) is 0 Å². The summed E-state index contributed by atoms with van der Waals surface area (Å²) in [5.41, 5.74) is 1.72. The van der Waals surface area contributed by atoms with Gasteiger partial charge >= 0.3 is 0 Å². The van der Waals surface area contributed by atoms with Gasteiger partial charge in [-0.25, -0.2) is 0 Å². The van der Waals surface area contributed by atoms with Crippen molar-refractivity contribution in [1.29, 1.82) is 0 Å². The molecule has 0 aliphatic carbocycles. The molecular weight excluding hydrogens is 364 g/mol. The van der Waals surface area contributed by atoms with Crippen molar-refractivity contribution in [3.8, 4) is 11.5 Å². The van der Waals surface area contributed by atoms with Crippen LogP contribution in [-0.2, 0) is 4.79 Å². The lowest BCUT2D eigenvalue weighted by Crippen LogP contribution is -2.34. The van der Waals surface area contributed by atoms with Crippen LogP contribution in [-0.4, -0.2) is 43.0 Å². The molecular formula is C20H22N2O4S. The summed E-state index contributed by atoms with van der Waals surface area (Å²) in [5.74, 6) is 1.45. The zero-order valence-electron chi connectivity index (χ0n) is 15.0. The highest BCUT2D eigenvalue weighted by atomic mass is 32.1. The minimum absolute atomic E-state index is 0.0564. The van der Waals surface area contributed by atoms with E-state index in [1.807, 2.05) is 28.5 Å². The first kappa shape index (κ1) is 17.9. The maximum Gasteiger partial charge on any atom is 0.252 e. The molecule has 2 aliphatic rings. The number of fused-ring (bicyclic) bond motifs is 1. The molecule has 1 saturated heterocycles. The van der Waals surface area contributed by atoms with Gasteiger partial charge in [-0.15, -0.1) is 0 Å². The van der Waals surface area contributed by atoms with Crippen molar-refractivity contribution in [2.24, 2.45) is 0 Å². The van der Waals surface area contributed by atoms with Gasteiger partial charge in [-0.05, 0) is 42.0 Å². The third kappa shape index (κ3) is 3.93. The van der Waals surface area contributed by atoms with Gasteiger partial charge in [-0.2, -0.15) is 11.3 Å². The van der Waals surface area contributed by atoms with Crippen LogP contribution >= 0.6 is 11.3 Å². The average Bonchev–Trinajstić information content (AvgIpc) is 3.39. The van der Waals surface area contributed by atoms with Crippen LogP contribution in [0.5, 0.6) is 11.5 Å². The van der Waals surface area contributed by atoms with Crippen LogP contribution in [0.15, 0.2) is 35.0 Å². The number of thiophene rings is 1. The molecule has 0 saturated carbocycles. The van der Waals surface area contributed by atoms with E-state index in [1.165, 1.54) is 11.3 Å². The summed E-state index contributed by atoms with van der Waals surface area (Å²) in [4.78, 5) is 26.6. The standard InChI is InChI=1S/C20H22N2O4S/c23-19(5-7-21-20(24)15-6-11-27-13-15)22-8-1-2-16(22)14-3-4-17-18(12-14)26-10-9-25-17/h3-4,6,11-13,16H,1-2,5,7-10H2,(H,21,24). The monoisotopic (exact) mass is 386 g/mol. The van der Waals surface area contributed by atoms with Gasteiger partial charge in [-0.1, -0.05) is 6.07 Å². The second-order valence-corrected chi connectivity index (χ2v) is 7.45. The molecule has 27 heavy (non-hydrogen) atoms. The van der Waals surface area contributed by atoms with Crippen LogP contribution < -0.4 is 14.8 Å². The van der Waals surface area contributed by atoms with E-state index in [4.69, 9.17) is 9.47 Å². The third-order valence-corrected chi connectivity index (χ3v) is 5.62. The molecule has 1 atom stereocenters. The van der Waals surface area contributed by atoms with Crippen molar-refractivity contribution in [1.82, 2.24) is 10.2 Å². The lowest BCUT2D eigenvalue weighted by Gasteiger charge is -2.27. The fourth-order valence-electron chi connectivity index (χ4n) is 3.60. The Morgan fingerprint density at radius 2 is 2.04 bits per heavy atom. The Morgan fingerprint density at radius 1 is 1.19 bits per heavy atom. The molecule has 1 aromatic carbocycles. The van der Waals surface area contributed by atoms with Crippen LogP contribution in [0.4, 0.5) is 0 Å². The third-order valence-electron chi connectivity index (χ3n) is 4.93. The average molecular weight is 386 g/mol. The lowest BCUT2D eigenvalue weighted by molar-refractivity contribution is -0.132. The number of carbonyl (C=O) groups excluding carboxylic acids is 2. The van der Waals surface area contributed by atoms with E-state index in [0.29, 0.717) is 31.7 Å². The normalized spacial score (nSPS) is 18.4. The number of nitrogens with zero attached hydrogens (tertiary/aromatic N) is 1. The summed E-state index contributed by atoms with van der Waals surface area (Å²) in [5, 5.41) is 6.48. The smallest absolute Gasteiger partial charge is 0.252 e. The van der Waals surface area contributed by atoms with E-state index < -0.39 is 0 Å². The number of rotatable bonds is 5. The van der Waals surface area contributed by atoms with Crippen molar-refractivity contribution in [3.63, 3.8) is 0 Å². The minimum Gasteiger partial charge on any atom is -0.486 e. The number of amides is 2. The number of carbonyl (C=O) groups is 2. The molecule has 1 unspecified atom stereocenters. The molecule has 3 heterocycles. The van der Waals surface area contributed by atoms with E-state index in [1.54, 1.807) is 11.4 Å². The minimum atomic E-state index is -0.131. The van der Waals surface area contributed by atoms with Crippen molar-refractivity contribution in [2.75, 3.05) is 26.3 Å². The van der Waals surface area contributed by atoms with E-state index >= 15 is 0 Å². The van der Waals surface area contributed by atoms with Crippen LogP contribution in [0, 0.1) is 0 Å². The molecule has 0 radical (unpaired) electrons. The summed E-state index contributed by atoms with van der Waals surface area (Å²) in [6.07, 6.45) is 2.22. The van der Waals surface area contributed by atoms with E-state index in [-0.39, 0.29) is 17.9 Å². The highest BCUT2D eigenvalue weighted by molar-refractivity contribution is 7.08. The number of nitrogens with one attached hydrogen (secondary N) is 1. The van der Waals surface area contributed by atoms with Crippen LogP contribution in [0.25, 0.3) is 0 Å². The van der Waals surface area contributed by atoms with Gasteiger partial charge in [0.15, 0.2) is 11.5 Å². The van der Waals surface area contributed by atoms with Crippen molar-refractivity contribution in [3.05, 3.63) is 46.2 Å². The van der Waals surface area contributed by atoms with Crippen LogP contribution in [0.1, 0.15) is 41.2 Å². The Hall–Kier alpha value is -2.54. The molecule has 2 aromatic rings. The van der Waals surface area contributed by atoms with Gasteiger partial charge in [0.1, 0.15) is 13.2 Å². The van der Waals surface area contributed by atoms with Crippen molar-refractivity contribution < 1.29 is 19.1 Å². The highest BCUT2D eigenvalue weighted by Gasteiger charge is 2.30. The van der Waals surface area contributed by atoms with Crippen molar-refractivity contribution in [2.45, 2.75) is 25.3 Å². The number of hydrogen-bond donors (Lipinski definition) is 1. The Balaban J connectivity index is 1.36. The Morgan fingerprint density at radius 3 is 2.85 bits per heavy atom. The topological polar surface area (TPSA) is 67.9 Å². The predicted octanol–water partition coefficient (Wildman–Crippen LogP) is 3.00. The second-order valence-electron chi connectivity index (χ2n) is 6.67. The molecule has 1 aromatic heterocycles. The second kappa shape index (κ2) is 8.00. The SMILES string of the molecule is O=C(NCCC(=O)N1CCCC1c1ccc2c(c1)OCCO2)c1ccsc1. The summed E-state index contributed by atoms with van der Waals surface area (Å²) in [6, 6.07) is 7.76. The molecule has 0 spiro atoms. The molecule has 0 bridgehead atoms. The molecule has 2 amide bonds. The number of benzene rings is 1. The number of hydrogen-bond acceptors (Lipinski definition) is 5. The first-order valence-corrected chi connectivity index (χ1v) is 10.2. The van der Waals surface area contributed by atoms with E-state index in [9.17, 15) is 9.59 Å². The molecule has 142 valence electrons. The fourth-order valence-corrected chi connectivity index (χ4v) is 4.24. The molecule has 4 rings (SSSR count). The maximum atomic E-state index is 12.7. The summed E-state index contributed by atoms with van der Waals surface area (Å²) in [7, 11) is 0. The van der Waals surface area contributed by atoms with Crippen LogP contribution in [0.3, 0.4) is 0 Å². The summed E-state index contributed by atoms with van der Waals surface area (Å²) < 4.78 is 11.2. The largest absolute Gasteiger partial charge is 0.486 e. The van der Waals surface area contributed by atoms with Gasteiger partial charge in [0.25, 0.3) is 5.91 Å². The predicted molar refractivity (Wildman–Crippen MR) is 102 cm³/mol. The molecule has 7 heteroatoms. The van der Waals surface area contributed by atoms with Gasteiger partial charge in [0, 0.05) is 30.5 Å². The molecule has 1 N–H and O–H groups in total. The van der Waals surface area contributed by atoms with Gasteiger partial charge in [0.2, 0.25) is 5.91 Å². The fraction of sp³-hybridized carbons (Fsp3) is 0.400. The van der Waals surface area contributed by atoms with E-state index in [2.05, 4.69) is 5.32 Å². The van der Waals surface area contributed by atoms with E-state index in [0.717, 1.165) is 36.4 Å². The summed E-state index contributed by atoms with van der Waals surface area (Å²) >= 11 is 1.48. The Bertz CT molecular complexity index is 821. The summed E-state index contributed by atoms with van der Waals surface area (Å²) in [6.45, 7) is 2.21. The lowest BCUT2D eigenvalue weighted by atomic mass is 10.0. The Kier molecular flexibility index (Phi) is 5.29. The molecule has 6 nitrogen and oxygen atoms in total. The molecule has 2 aliphatic heterocycles. The first-order valence-electron chi connectivity index (χ1n) is 9.22. The first-order chi connectivity index (χ1) is 13.2. The zero-order valence-corrected chi connectivity index (χ0v) is 15.8. The number of ether oxygens (including phenoxy) is 2. The quantitative estimate of drug-likeness (QED) is 0.858. The van der Waals surface area contributed by atoms with Gasteiger partial charge in [0.05, 0.1) is 6.04 Å². The van der Waals surface area contributed by atoms with Gasteiger partial charge < -0.3 is 19.7 Å². The highest BCUT2D eigenvalue weighted by Crippen LogP contribution is 2.38.